The van der Waals surface area contributed by atoms with Crippen LogP contribution < -0.4 is 5.73 Å². The van der Waals surface area contributed by atoms with Gasteiger partial charge in [-0.3, -0.25) is 4.90 Å². The second-order valence-corrected chi connectivity index (χ2v) is 7.93. The molecule has 0 radical (unpaired) electrons. The Morgan fingerprint density at radius 1 is 1.39 bits per heavy atom. The van der Waals surface area contributed by atoms with Crippen LogP contribution in [0.5, 0.6) is 0 Å². The summed E-state index contributed by atoms with van der Waals surface area (Å²) in [6.07, 6.45) is 2.10. The SMILES string of the molecule is CCC(N)C(c1ccc(Br)s1)N(C)C(C)(C)CC. The fourth-order valence-corrected chi connectivity index (χ4v) is 3.67. The van der Waals surface area contributed by atoms with E-state index in [2.05, 4.69) is 67.7 Å². The average Bonchev–Trinajstić information content (AvgIpc) is 2.75. The van der Waals surface area contributed by atoms with Crippen molar-refractivity contribution in [3.63, 3.8) is 0 Å². The molecular formula is C14H25BrN2S. The maximum atomic E-state index is 6.36. The molecule has 2 atom stereocenters. The summed E-state index contributed by atoms with van der Waals surface area (Å²) >= 11 is 5.34. The molecule has 1 rings (SSSR count). The van der Waals surface area contributed by atoms with Crippen molar-refractivity contribution in [2.24, 2.45) is 5.73 Å². The topological polar surface area (TPSA) is 29.3 Å². The van der Waals surface area contributed by atoms with E-state index in [0.29, 0.717) is 6.04 Å². The Hall–Kier alpha value is 0.1000. The molecule has 4 heteroatoms. The molecule has 0 saturated carbocycles. The number of thiophene rings is 1. The predicted molar refractivity (Wildman–Crippen MR) is 85.2 cm³/mol. The third kappa shape index (κ3) is 3.56. The minimum absolute atomic E-state index is 0.161. The molecule has 0 aliphatic rings. The molecule has 1 heterocycles. The molecule has 2 unspecified atom stereocenters. The van der Waals surface area contributed by atoms with Crippen LogP contribution >= 0.6 is 27.3 Å². The van der Waals surface area contributed by atoms with Crippen LogP contribution in [-0.2, 0) is 0 Å². The summed E-state index contributed by atoms with van der Waals surface area (Å²) < 4.78 is 1.17. The summed E-state index contributed by atoms with van der Waals surface area (Å²) in [7, 11) is 2.19. The van der Waals surface area contributed by atoms with Gasteiger partial charge in [-0.05, 0) is 61.8 Å². The number of likely N-dealkylation sites (N-methyl/N-ethyl adjacent to an activating group) is 1. The van der Waals surface area contributed by atoms with Gasteiger partial charge >= 0.3 is 0 Å². The lowest BCUT2D eigenvalue weighted by Gasteiger charge is -2.42. The first-order valence-electron chi connectivity index (χ1n) is 6.57. The predicted octanol–water partition coefficient (Wildman–Crippen LogP) is 4.41. The lowest BCUT2D eigenvalue weighted by molar-refractivity contribution is 0.0825. The van der Waals surface area contributed by atoms with Gasteiger partial charge in [-0.2, -0.15) is 0 Å². The van der Waals surface area contributed by atoms with E-state index in [4.69, 9.17) is 5.73 Å². The molecule has 0 aromatic carbocycles. The molecule has 0 bridgehead atoms. The molecule has 0 aliphatic carbocycles. The normalized spacial score (nSPS) is 16.0. The van der Waals surface area contributed by atoms with Crippen molar-refractivity contribution in [2.75, 3.05) is 7.05 Å². The minimum atomic E-state index is 0.161. The van der Waals surface area contributed by atoms with Crippen LogP contribution in [0, 0.1) is 0 Å². The van der Waals surface area contributed by atoms with Crippen molar-refractivity contribution in [3.8, 4) is 0 Å². The monoisotopic (exact) mass is 332 g/mol. The largest absolute Gasteiger partial charge is 0.326 e. The summed E-state index contributed by atoms with van der Waals surface area (Å²) in [6, 6.07) is 4.77. The zero-order valence-electron chi connectivity index (χ0n) is 12.0. The molecule has 0 spiro atoms. The van der Waals surface area contributed by atoms with Crippen LogP contribution in [0.1, 0.15) is 51.5 Å². The van der Waals surface area contributed by atoms with Gasteiger partial charge < -0.3 is 5.73 Å². The van der Waals surface area contributed by atoms with E-state index < -0.39 is 0 Å². The van der Waals surface area contributed by atoms with Gasteiger partial charge in [-0.15, -0.1) is 11.3 Å². The van der Waals surface area contributed by atoms with E-state index in [1.54, 1.807) is 11.3 Å². The van der Waals surface area contributed by atoms with Gasteiger partial charge in [0.1, 0.15) is 0 Å². The minimum Gasteiger partial charge on any atom is -0.326 e. The number of nitrogens with zero attached hydrogens (tertiary/aromatic N) is 1. The molecule has 2 N–H and O–H groups in total. The zero-order chi connectivity index (χ0) is 13.9. The quantitative estimate of drug-likeness (QED) is 0.835. The fourth-order valence-electron chi connectivity index (χ4n) is 2.03. The van der Waals surface area contributed by atoms with Gasteiger partial charge in [0.25, 0.3) is 0 Å². The summed E-state index contributed by atoms with van der Waals surface area (Å²) in [5.74, 6) is 0. The van der Waals surface area contributed by atoms with Gasteiger partial charge in [0.15, 0.2) is 0 Å². The first kappa shape index (κ1) is 16.2. The fraction of sp³-hybridized carbons (Fsp3) is 0.714. The number of nitrogens with two attached hydrogens (primary N) is 1. The van der Waals surface area contributed by atoms with E-state index >= 15 is 0 Å². The van der Waals surface area contributed by atoms with E-state index in [-0.39, 0.29) is 11.6 Å². The molecule has 0 amide bonds. The summed E-state index contributed by atoms with van der Waals surface area (Å²) in [6.45, 7) is 8.96. The molecule has 0 saturated heterocycles. The Labute approximate surface area is 124 Å². The lowest BCUT2D eigenvalue weighted by atomic mass is 9.93. The van der Waals surface area contributed by atoms with E-state index in [9.17, 15) is 0 Å². The Bertz CT molecular complexity index is 376. The highest BCUT2D eigenvalue weighted by Crippen LogP contribution is 2.36. The van der Waals surface area contributed by atoms with Crippen LogP contribution in [0.15, 0.2) is 15.9 Å². The molecule has 0 aliphatic heterocycles. The van der Waals surface area contributed by atoms with E-state index in [0.717, 1.165) is 12.8 Å². The average molecular weight is 333 g/mol. The first-order valence-corrected chi connectivity index (χ1v) is 8.18. The highest BCUT2D eigenvalue weighted by molar-refractivity contribution is 9.11. The number of rotatable bonds is 6. The van der Waals surface area contributed by atoms with Gasteiger partial charge in [0.05, 0.1) is 9.83 Å². The molecular weight excluding hydrogens is 308 g/mol. The van der Waals surface area contributed by atoms with E-state index in [1.165, 1.54) is 8.66 Å². The van der Waals surface area contributed by atoms with Gasteiger partial charge in [-0.25, -0.2) is 0 Å². The number of halogens is 1. The van der Waals surface area contributed by atoms with Crippen LogP contribution in [0.3, 0.4) is 0 Å². The van der Waals surface area contributed by atoms with Crippen molar-refractivity contribution in [3.05, 3.63) is 20.8 Å². The van der Waals surface area contributed by atoms with Crippen molar-refractivity contribution < 1.29 is 0 Å². The molecule has 1 aromatic rings. The third-order valence-electron chi connectivity index (χ3n) is 4.00. The molecule has 2 nitrogen and oxygen atoms in total. The second kappa shape index (κ2) is 6.51. The summed E-state index contributed by atoms with van der Waals surface area (Å²) in [4.78, 5) is 3.78. The Kier molecular flexibility index (Phi) is 5.84. The highest BCUT2D eigenvalue weighted by Gasteiger charge is 2.32. The maximum Gasteiger partial charge on any atom is 0.0702 e. The lowest BCUT2D eigenvalue weighted by Crippen LogP contribution is -2.48. The van der Waals surface area contributed by atoms with Crippen molar-refractivity contribution >= 4 is 27.3 Å². The summed E-state index contributed by atoms with van der Waals surface area (Å²) in [5, 5.41) is 0. The number of hydrogen-bond donors (Lipinski definition) is 1. The smallest absolute Gasteiger partial charge is 0.0702 e. The number of hydrogen-bond acceptors (Lipinski definition) is 3. The standard InChI is InChI=1S/C14H25BrN2S/c1-6-10(16)13(11-8-9-12(15)18-11)17(5)14(3,4)7-2/h8-10,13H,6-7,16H2,1-5H3. The highest BCUT2D eigenvalue weighted by atomic mass is 79.9. The van der Waals surface area contributed by atoms with Crippen LogP contribution in [0.2, 0.25) is 0 Å². The van der Waals surface area contributed by atoms with Crippen LogP contribution in [0.25, 0.3) is 0 Å². The zero-order valence-corrected chi connectivity index (χ0v) is 14.4. The van der Waals surface area contributed by atoms with E-state index in [1.807, 2.05) is 0 Å². The molecule has 0 fully saturated rings. The second-order valence-electron chi connectivity index (χ2n) is 5.44. The van der Waals surface area contributed by atoms with Crippen LogP contribution in [-0.4, -0.2) is 23.5 Å². The first-order chi connectivity index (χ1) is 8.33. The van der Waals surface area contributed by atoms with Crippen molar-refractivity contribution in [1.29, 1.82) is 0 Å². The van der Waals surface area contributed by atoms with Crippen molar-refractivity contribution in [2.45, 2.75) is 58.2 Å². The summed E-state index contributed by atoms with van der Waals surface area (Å²) in [5.41, 5.74) is 6.52. The molecule has 104 valence electrons. The molecule has 18 heavy (non-hydrogen) atoms. The van der Waals surface area contributed by atoms with Gasteiger partial charge in [0.2, 0.25) is 0 Å². The van der Waals surface area contributed by atoms with Gasteiger partial charge in [0, 0.05) is 16.5 Å². The third-order valence-corrected chi connectivity index (χ3v) is 5.69. The van der Waals surface area contributed by atoms with Crippen LogP contribution in [0.4, 0.5) is 0 Å². The Morgan fingerprint density at radius 3 is 2.39 bits per heavy atom. The molecule has 1 aromatic heterocycles. The van der Waals surface area contributed by atoms with Crippen molar-refractivity contribution in [1.82, 2.24) is 4.90 Å². The Balaban J connectivity index is 3.06. The van der Waals surface area contributed by atoms with Gasteiger partial charge in [-0.1, -0.05) is 13.8 Å². The Morgan fingerprint density at radius 2 is 2.00 bits per heavy atom. The maximum absolute atomic E-state index is 6.36.